The van der Waals surface area contributed by atoms with Crippen molar-refractivity contribution in [2.75, 3.05) is 5.75 Å². The number of carboxylic acids is 1. The van der Waals surface area contributed by atoms with Gasteiger partial charge in [0.1, 0.15) is 0 Å². The van der Waals surface area contributed by atoms with Gasteiger partial charge < -0.3 is 5.11 Å². The molecule has 2 fully saturated rings. The molecule has 0 aromatic rings. The Kier molecular flexibility index (Phi) is 2.31. The molecule has 1 saturated carbocycles. The third kappa shape index (κ3) is 1.60. The fourth-order valence-electron chi connectivity index (χ4n) is 2.01. The van der Waals surface area contributed by atoms with Crippen LogP contribution in [0.4, 0.5) is 0 Å². The molecule has 68 valence electrons. The fraction of sp³-hybridized carbons (Fsp3) is 0.889. The molecule has 2 atom stereocenters. The van der Waals surface area contributed by atoms with Crippen LogP contribution in [-0.2, 0) is 4.79 Å². The van der Waals surface area contributed by atoms with E-state index < -0.39 is 5.97 Å². The van der Waals surface area contributed by atoms with Gasteiger partial charge in [-0.15, -0.1) is 0 Å². The summed E-state index contributed by atoms with van der Waals surface area (Å²) in [7, 11) is 0. The number of hydrogen-bond acceptors (Lipinski definition) is 2. The van der Waals surface area contributed by atoms with Gasteiger partial charge in [0.25, 0.3) is 0 Å². The Bertz CT molecular complexity index is 183. The van der Waals surface area contributed by atoms with E-state index >= 15 is 0 Å². The molecule has 0 spiro atoms. The van der Waals surface area contributed by atoms with Gasteiger partial charge >= 0.3 is 5.97 Å². The second-order valence-electron chi connectivity index (χ2n) is 3.75. The Labute approximate surface area is 76.7 Å². The van der Waals surface area contributed by atoms with Crippen molar-refractivity contribution in [2.45, 2.75) is 30.9 Å². The van der Waals surface area contributed by atoms with Crippen LogP contribution in [-0.4, -0.2) is 22.1 Å². The van der Waals surface area contributed by atoms with Gasteiger partial charge in [-0.25, -0.2) is 0 Å². The lowest BCUT2D eigenvalue weighted by atomic mass is 9.97. The van der Waals surface area contributed by atoms with Crippen molar-refractivity contribution >= 4 is 17.7 Å². The van der Waals surface area contributed by atoms with Gasteiger partial charge in [-0.2, -0.15) is 11.8 Å². The monoisotopic (exact) mass is 186 g/mol. The molecule has 0 bridgehead atoms. The lowest BCUT2D eigenvalue weighted by Crippen LogP contribution is -2.25. The number of aliphatic carboxylic acids is 1. The Morgan fingerprint density at radius 1 is 1.42 bits per heavy atom. The zero-order valence-corrected chi connectivity index (χ0v) is 7.85. The normalized spacial score (nSPS) is 31.8. The molecule has 1 heterocycles. The summed E-state index contributed by atoms with van der Waals surface area (Å²) < 4.78 is 0. The molecule has 0 aromatic carbocycles. The average molecular weight is 186 g/mol. The predicted molar refractivity (Wildman–Crippen MR) is 49.3 cm³/mol. The van der Waals surface area contributed by atoms with Gasteiger partial charge in [0.05, 0.1) is 5.92 Å². The molecule has 0 aromatic heterocycles. The van der Waals surface area contributed by atoms with Gasteiger partial charge in [-0.1, -0.05) is 0 Å². The summed E-state index contributed by atoms with van der Waals surface area (Å²) in [6.45, 7) is 0. The van der Waals surface area contributed by atoms with Gasteiger partial charge in [-0.05, 0) is 37.4 Å². The van der Waals surface area contributed by atoms with E-state index in [-0.39, 0.29) is 5.92 Å². The molecule has 1 N–H and O–H groups in total. The van der Waals surface area contributed by atoms with E-state index in [1.54, 1.807) is 0 Å². The molecule has 2 nitrogen and oxygen atoms in total. The highest BCUT2D eigenvalue weighted by Crippen LogP contribution is 2.45. The topological polar surface area (TPSA) is 37.3 Å². The number of carboxylic acid groups (broad SMARTS) is 1. The smallest absolute Gasteiger partial charge is 0.307 e. The Morgan fingerprint density at radius 2 is 2.17 bits per heavy atom. The highest BCUT2D eigenvalue weighted by molar-refractivity contribution is 8.00. The molecule has 1 aliphatic carbocycles. The minimum absolute atomic E-state index is 0.0301. The molecular weight excluding hydrogens is 172 g/mol. The van der Waals surface area contributed by atoms with E-state index in [1.807, 2.05) is 11.8 Å². The van der Waals surface area contributed by atoms with Crippen LogP contribution in [0.1, 0.15) is 25.7 Å². The first-order chi connectivity index (χ1) is 5.79. The van der Waals surface area contributed by atoms with Crippen molar-refractivity contribution < 1.29 is 9.90 Å². The standard InChI is InChI=1S/C9H14O2S/c10-9(11)8(6-3-4-6)7-2-1-5-12-7/h6-8H,1-5H2,(H,10,11). The van der Waals surface area contributed by atoms with Crippen LogP contribution < -0.4 is 0 Å². The zero-order chi connectivity index (χ0) is 8.55. The van der Waals surface area contributed by atoms with Crippen LogP contribution in [0.5, 0.6) is 0 Å². The van der Waals surface area contributed by atoms with Crippen LogP contribution in [0.15, 0.2) is 0 Å². The SMILES string of the molecule is O=C(O)C(C1CC1)C1CCCS1. The second-order valence-corrected chi connectivity index (χ2v) is 5.10. The molecule has 12 heavy (non-hydrogen) atoms. The number of hydrogen-bond donors (Lipinski definition) is 1. The maximum atomic E-state index is 11.0. The summed E-state index contributed by atoms with van der Waals surface area (Å²) in [6.07, 6.45) is 4.63. The fourth-order valence-corrected chi connectivity index (χ4v) is 3.52. The second kappa shape index (κ2) is 3.29. The van der Waals surface area contributed by atoms with E-state index in [2.05, 4.69) is 0 Å². The minimum atomic E-state index is -0.558. The third-order valence-electron chi connectivity index (χ3n) is 2.78. The van der Waals surface area contributed by atoms with Gasteiger partial charge in [-0.3, -0.25) is 4.79 Å². The number of carbonyl (C=O) groups is 1. The maximum Gasteiger partial charge on any atom is 0.307 e. The summed E-state index contributed by atoms with van der Waals surface area (Å²) in [5.74, 6) is 1.09. The van der Waals surface area contributed by atoms with Crippen LogP contribution in [0.2, 0.25) is 0 Å². The quantitative estimate of drug-likeness (QED) is 0.732. The first kappa shape index (κ1) is 8.42. The van der Waals surface area contributed by atoms with Crippen molar-refractivity contribution in [1.82, 2.24) is 0 Å². The van der Waals surface area contributed by atoms with Gasteiger partial charge in [0.15, 0.2) is 0 Å². The Hall–Kier alpha value is -0.180. The molecule has 3 heteroatoms. The summed E-state index contributed by atoms with van der Waals surface area (Å²) in [5.41, 5.74) is 0. The maximum absolute atomic E-state index is 11.0. The van der Waals surface area contributed by atoms with E-state index in [4.69, 9.17) is 5.11 Å². The molecule has 0 radical (unpaired) electrons. The van der Waals surface area contributed by atoms with Crippen molar-refractivity contribution in [2.24, 2.45) is 11.8 Å². The van der Waals surface area contributed by atoms with E-state index in [1.165, 1.54) is 12.2 Å². The predicted octanol–water partition coefficient (Wildman–Crippen LogP) is 1.99. The molecule has 2 rings (SSSR count). The van der Waals surface area contributed by atoms with Crippen LogP contribution >= 0.6 is 11.8 Å². The zero-order valence-electron chi connectivity index (χ0n) is 7.03. The molecule has 2 aliphatic rings. The molecule has 1 aliphatic heterocycles. The molecular formula is C9H14O2S. The van der Waals surface area contributed by atoms with Crippen LogP contribution in [0, 0.1) is 11.8 Å². The first-order valence-corrected chi connectivity index (χ1v) is 5.68. The van der Waals surface area contributed by atoms with Crippen LogP contribution in [0.25, 0.3) is 0 Å². The van der Waals surface area contributed by atoms with E-state index in [0.29, 0.717) is 11.2 Å². The summed E-state index contributed by atoms with van der Waals surface area (Å²) in [6, 6.07) is 0. The third-order valence-corrected chi connectivity index (χ3v) is 4.26. The highest BCUT2D eigenvalue weighted by Gasteiger charge is 2.42. The summed E-state index contributed by atoms with van der Waals surface area (Å²) in [4.78, 5) is 11.0. The first-order valence-electron chi connectivity index (χ1n) is 4.63. The Balaban J connectivity index is 1.99. The van der Waals surface area contributed by atoms with Crippen molar-refractivity contribution in [1.29, 1.82) is 0 Å². The average Bonchev–Trinajstić information content (AvgIpc) is 2.65. The molecule has 2 unspecified atom stereocenters. The number of thioether (sulfide) groups is 1. The number of rotatable bonds is 3. The minimum Gasteiger partial charge on any atom is -0.481 e. The highest BCUT2D eigenvalue weighted by atomic mass is 32.2. The van der Waals surface area contributed by atoms with E-state index in [9.17, 15) is 4.79 Å². The molecule has 0 amide bonds. The summed E-state index contributed by atoms with van der Waals surface area (Å²) >= 11 is 1.87. The van der Waals surface area contributed by atoms with E-state index in [0.717, 1.165) is 19.3 Å². The van der Waals surface area contributed by atoms with Crippen molar-refractivity contribution in [3.05, 3.63) is 0 Å². The summed E-state index contributed by atoms with van der Waals surface area (Å²) in [5, 5.41) is 9.46. The largest absolute Gasteiger partial charge is 0.481 e. The lowest BCUT2D eigenvalue weighted by molar-refractivity contribution is -0.142. The van der Waals surface area contributed by atoms with Crippen molar-refractivity contribution in [3.63, 3.8) is 0 Å². The Morgan fingerprint density at radius 3 is 2.58 bits per heavy atom. The molecule has 1 saturated heterocycles. The van der Waals surface area contributed by atoms with Crippen LogP contribution in [0.3, 0.4) is 0 Å². The lowest BCUT2D eigenvalue weighted by Gasteiger charge is -2.17. The van der Waals surface area contributed by atoms with Crippen molar-refractivity contribution in [3.8, 4) is 0 Å². The van der Waals surface area contributed by atoms with Gasteiger partial charge in [0.2, 0.25) is 0 Å². The van der Waals surface area contributed by atoms with Gasteiger partial charge in [0, 0.05) is 5.25 Å².